The average Bonchev–Trinajstić information content (AvgIpc) is 2.98. The van der Waals surface area contributed by atoms with Gasteiger partial charge in [-0.15, -0.1) is 0 Å². The molecule has 3 rings (SSSR count). The molecule has 0 bridgehead atoms. The van der Waals surface area contributed by atoms with Crippen LogP contribution in [0, 0.1) is 0 Å². The van der Waals surface area contributed by atoms with Crippen molar-refractivity contribution < 1.29 is 4.79 Å². The number of unbranched alkanes of at least 4 members (excludes halogenated alkanes) is 1. The second-order valence-corrected chi connectivity index (χ2v) is 5.81. The molecule has 0 atom stereocenters. The van der Waals surface area contributed by atoms with Gasteiger partial charge in [0.05, 0.1) is 0 Å². The molecule has 1 N–H and O–H groups in total. The van der Waals surface area contributed by atoms with Crippen molar-refractivity contribution in [2.75, 3.05) is 13.1 Å². The van der Waals surface area contributed by atoms with Gasteiger partial charge in [-0.1, -0.05) is 42.5 Å². The number of carbonyl (C=O) groups excluding carboxylic acids is 1. The second kappa shape index (κ2) is 7.23. The van der Waals surface area contributed by atoms with Gasteiger partial charge in [0.2, 0.25) is 0 Å². The lowest BCUT2D eigenvalue weighted by atomic mass is 10.1. The lowest BCUT2D eigenvalue weighted by Crippen LogP contribution is -2.25. The number of hydrogen-bond donors (Lipinski definition) is 1. The molecule has 0 aliphatic carbocycles. The van der Waals surface area contributed by atoms with Crippen LogP contribution in [0.25, 0.3) is 0 Å². The maximum absolute atomic E-state index is 11.9. The fraction of sp³-hybridized carbons (Fsp3) is 0.316. The molecule has 3 heteroatoms. The first-order chi connectivity index (χ1) is 10.8. The van der Waals surface area contributed by atoms with Gasteiger partial charge in [-0.3, -0.25) is 9.69 Å². The van der Waals surface area contributed by atoms with Crippen molar-refractivity contribution in [3.63, 3.8) is 0 Å². The molecule has 22 heavy (non-hydrogen) atoms. The molecule has 1 amide bonds. The topological polar surface area (TPSA) is 32.3 Å². The number of carbonyl (C=O) groups is 1. The molecule has 114 valence electrons. The van der Waals surface area contributed by atoms with E-state index in [1.54, 1.807) is 0 Å². The van der Waals surface area contributed by atoms with Crippen LogP contribution in [-0.2, 0) is 13.1 Å². The van der Waals surface area contributed by atoms with E-state index in [4.69, 9.17) is 0 Å². The molecule has 1 heterocycles. The highest BCUT2D eigenvalue weighted by molar-refractivity contribution is 5.94. The maximum atomic E-state index is 11.9. The number of fused-ring (bicyclic) bond motifs is 1. The number of nitrogens with one attached hydrogen (secondary N) is 1. The Labute approximate surface area is 132 Å². The van der Waals surface area contributed by atoms with E-state index in [0.717, 1.165) is 44.6 Å². The SMILES string of the molecule is O=C(NCCCCN1Cc2ccccc2C1)c1ccccc1. The number of rotatable bonds is 6. The van der Waals surface area contributed by atoms with E-state index in [2.05, 4.69) is 34.5 Å². The highest BCUT2D eigenvalue weighted by atomic mass is 16.1. The molecule has 0 spiro atoms. The smallest absolute Gasteiger partial charge is 0.251 e. The molecule has 0 radical (unpaired) electrons. The second-order valence-electron chi connectivity index (χ2n) is 5.81. The standard InChI is InChI=1S/C19H22N2O/c22-19(16-8-2-1-3-9-16)20-12-6-7-13-21-14-17-10-4-5-11-18(17)15-21/h1-5,8-11H,6-7,12-15H2,(H,20,22). The summed E-state index contributed by atoms with van der Waals surface area (Å²) in [5.74, 6) is 0.0224. The van der Waals surface area contributed by atoms with Crippen molar-refractivity contribution in [1.82, 2.24) is 10.2 Å². The molecule has 1 aliphatic heterocycles. The highest BCUT2D eigenvalue weighted by Crippen LogP contribution is 2.22. The van der Waals surface area contributed by atoms with Crippen LogP contribution in [-0.4, -0.2) is 23.9 Å². The van der Waals surface area contributed by atoms with E-state index >= 15 is 0 Å². The molecule has 0 unspecified atom stereocenters. The van der Waals surface area contributed by atoms with E-state index in [1.807, 2.05) is 30.3 Å². The van der Waals surface area contributed by atoms with Gasteiger partial charge in [0.1, 0.15) is 0 Å². The maximum Gasteiger partial charge on any atom is 0.251 e. The molecule has 2 aromatic carbocycles. The summed E-state index contributed by atoms with van der Waals surface area (Å²) in [6, 6.07) is 18.0. The Morgan fingerprint density at radius 2 is 1.55 bits per heavy atom. The van der Waals surface area contributed by atoms with Gasteiger partial charge in [0.25, 0.3) is 5.91 Å². The highest BCUT2D eigenvalue weighted by Gasteiger charge is 2.17. The largest absolute Gasteiger partial charge is 0.352 e. The Bertz CT molecular complexity index is 599. The molecule has 0 aromatic heterocycles. The first-order valence-corrected chi connectivity index (χ1v) is 7.95. The molecular formula is C19H22N2O. The lowest BCUT2D eigenvalue weighted by molar-refractivity contribution is 0.0952. The number of benzene rings is 2. The average molecular weight is 294 g/mol. The third kappa shape index (κ3) is 3.74. The van der Waals surface area contributed by atoms with Crippen LogP contribution in [0.15, 0.2) is 54.6 Å². The van der Waals surface area contributed by atoms with Gasteiger partial charge in [-0.25, -0.2) is 0 Å². The molecule has 2 aromatic rings. The quantitative estimate of drug-likeness (QED) is 0.830. The van der Waals surface area contributed by atoms with E-state index in [9.17, 15) is 4.79 Å². The van der Waals surface area contributed by atoms with Crippen LogP contribution in [0.3, 0.4) is 0 Å². The van der Waals surface area contributed by atoms with Crippen molar-refractivity contribution >= 4 is 5.91 Å². The minimum absolute atomic E-state index is 0.0224. The zero-order valence-electron chi connectivity index (χ0n) is 12.8. The summed E-state index contributed by atoms with van der Waals surface area (Å²) >= 11 is 0. The number of nitrogens with zero attached hydrogens (tertiary/aromatic N) is 1. The predicted octanol–water partition coefficient (Wildman–Crippen LogP) is 3.21. The van der Waals surface area contributed by atoms with E-state index in [1.165, 1.54) is 11.1 Å². The Kier molecular flexibility index (Phi) is 4.86. The summed E-state index contributed by atoms with van der Waals surface area (Å²) in [6.45, 7) is 3.96. The molecule has 0 saturated heterocycles. The minimum atomic E-state index is 0.0224. The number of amides is 1. The summed E-state index contributed by atoms with van der Waals surface area (Å²) in [6.07, 6.45) is 2.13. The normalized spacial score (nSPS) is 13.8. The van der Waals surface area contributed by atoms with E-state index < -0.39 is 0 Å². The number of hydrogen-bond acceptors (Lipinski definition) is 2. The Morgan fingerprint density at radius 3 is 2.23 bits per heavy atom. The fourth-order valence-corrected chi connectivity index (χ4v) is 2.92. The van der Waals surface area contributed by atoms with Gasteiger partial charge in [0, 0.05) is 25.2 Å². The van der Waals surface area contributed by atoms with E-state index in [-0.39, 0.29) is 5.91 Å². The van der Waals surface area contributed by atoms with Crippen molar-refractivity contribution in [2.24, 2.45) is 0 Å². The van der Waals surface area contributed by atoms with Crippen molar-refractivity contribution in [3.05, 3.63) is 71.3 Å². The molecular weight excluding hydrogens is 272 g/mol. The third-order valence-corrected chi connectivity index (χ3v) is 4.13. The first-order valence-electron chi connectivity index (χ1n) is 7.95. The van der Waals surface area contributed by atoms with E-state index in [0.29, 0.717) is 0 Å². The van der Waals surface area contributed by atoms with Crippen LogP contribution in [0.5, 0.6) is 0 Å². The molecule has 0 saturated carbocycles. The van der Waals surface area contributed by atoms with Crippen LogP contribution in [0.2, 0.25) is 0 Å². The first kappa shape index (κ1) is 14.8. The zero-order valence-corrected chi connectivity index (χ0v) is 12.8. The molecule has 3 nitrogen and oxygen atoms in total. The van der Waals surface area contributed by atoms with Gasteiger partial charge >= 0.3 is 0 Å². The van der Waals surface area contributed by atoms with Crippen molar-refractivity contribution in [1.29, 1.82) is 0 Å². The lowest BCUT2D eigenvalue weighted by Gasteiger charge is -2.14. The van der Waals surface area contributed by atoms with Gasteiger partial charge in [-0.05, 0) is 42.6 Å². The Hall–Kier alpha value is -2.13. The summed E-state index contributed by atoms with van der Waals surface area (Å²) in [5.41, 5.74) is 3.65. The summed E-state index contributed by atoms with van der Waals surface area (Å²) in [5, 5.41) is 2.98. The van der Waals surface area contributed by atoms with Gasteiger partial charge < -0.3 is 5.32 Å². The molecule has 1 aliphatic rings. The Morgan fingerprint density at radius 1 is 0.909 bits per heavy atom. The van der Waals surface area contributed by atoms with Crippen molar-refractivity contribution in [3.8, 4) is 0 Å². The fourth-order valence-electron chi connectivity index (χ4n) is 2.92. The molecule has 0 fully saturated rings. The zero-order chi connectivity index (χ0) is 15.2. The predicted molar refractivity (Wildman–Crippen MR) is 88.6 cm³/mol. The van der Waals surface area contributed by atoms with Gasteiger partial charge in [-0.2, -0.15) is 0 Å². The van der Waals surface area contributed by atoms with Crippen LogP contribution >= 0.6 is 0 Å². The summed E-state index contributed by atoms with van der Waals surface area (Å²) in [4.78, 5) is 14.4. The summed E-state index contributed by atoms with van der Waals surface area (Å²) < 4.78 is 0. The monoisotopic (exact) mass is 294 g/mol. The van der Waals surface area contributed by atoms with Crippen molar-refractivity contribution in [2.45, 2.75) is 25.9 Å². The van der Waals surface area contributed by atoms with Crippen LogP contribution in [0.4, 0.5) is 0 Å². The van der Waals surface area contributed by atoms with Crippen LogP contribution < -0.4 is 5.32 Å². The third-order valence-electron chi connectivity index (χ3n) is 4.13. The van der Waals surface area contributed by atoms with Gasteiger partial charge in [0.15, 0.2) is 0 Å². The van der Waals surface area contributed by atoms with Crippen LogP contribution in [0.1, 0.15) is 34.3 Å². The summed E-state index contributed by atoms with van der Waals surface area (Å²) in [7, 11) is 0. The minimum Gasteiger partial charge on any atom is -0.352 e. The Balaban J connectivity index is 1.33.